The van der Waals surface area contributed by atoms with Gasteiger partial charge in [-0.3, -0.25) is 9.10 Å². The van der Waals surface area contributed by atoms with E-state index >= 15 is 0 Å². The number of anilines is 4. The Bertz CT molecular complexity index is 1640. The highest BCUT2D eigenvalue weighted by Crippen LogP contribution is 2.49. The van der Waals surface area contributed by atoms with Gasteiger partial charge >= 0.3 is 0 Å². The van der Waals surface area contributed by atoms with Crippen LogP contribution in [0.4, 0.5) is 22.9 Å². The largest absolute Gasteiger partial charge is 0.397 e. The maximum Gasteiger partial charge on any atom is 0.263 e. The smallest absolute Gasteiger partial charge is 0.263 e. The first-order valence-corrected chi connectivity index (χ1v) is 15.1. The summed E-state index contributed by atoms with van der Waals surface area (Å²) in [6.45, 7) is 9.52. The Morgan fingerprint density at radius 1 is 1.05 bits per heavy atom. The molecule has 2 aliphatic rings. The summed E-state index contributed by atoms with van der Waals surface area (Å²) in [4.78, 5) is 19.5. The summed E-state index contributed by atoms with van der Waals surface area (Å²) < 4.78 is 28.8. The summed E-state index contributed by atoms with van der Waals surface area (Å²) in [5.41, 5.74) is 9.90. The lowest BCUT2D eigenvalue weighted by Gasteiger charge is -2.40. The number of hydrogen-bond donors (Lipinski definition) is 2. The summed E-state index contributed by atoms with van der Waals surface area (Å²) in [7, 11) is -3.78. The minimum Gasteiger partial charge on any atom is -0.397 e. The number of para-hydroxylation sites is 3. The standard InChI is InChI=1S/C32H35N5O3S/c1-4-23(2)13-14-24(3)41(39,40)37-22-32(26-9-5-8-12-29(26)37)17-19-36(20-18-32)30-16-15-25(21-34-30)31(38)35-28-11-7-6-10-27(28)33/h4-16,21H,3,17-20,22,33H2,1-2H3,(H,35,38)/b14-13-,23-4-. The lowest BCUT2D eigenvalue weighted by Crippen LogP contribution is -2.46. The molecule has 3 aromatic rings. The number of rotatable bonds is 7. The van der Waals surface area contributed by atoms with Crippen LogP contribution in [0.1, 0.15) is 42.6 Å². The van der Waals surface area contributed by atoms with E-state index in [1.165, 1.54) is 4.31 Å². The molecule has 1 fully saturated rings. The zero-order valence-corrected chi connectivity index (χ0v) is 24.2. The monoisotopic (exact) mass is 569 g/mol. The molecule has 2 aromatic carbocycles. The van der Waals surface area contributed by atoms with Gasteiger partial charge in [0.05, 0.1) is 27.5 Å². The molecule has 0 aliphatic carbocycles. The first-order valence-electron chi connectivity index (χ1n) is 13.6. The van der Waals surface area contributed by atoms with Gasteiger partial charge < -0.3 is 16.0 Å². The number of nitrogen functional groups attached to an aromatic ring is 1. The Balaban J connectivity index is 1.29. The van der Waals surface area contributed by atoms with Crippen molar-refractivity contribution in [2.24, 2.45) is 0 Å². The average Bonchev–Trinajstić information content (AvgIpc) is 3.31. The predicted molar refractivity (Wildman–Crippen MR) is 167 cm³/mol. The Morgan fingerprint density at radius 3 is 2.44 bits per heavy atom. The van der Waals surface area contributed by atoms with Gasteiger partial charge in [0.25, 0.3) is 15.9 Å². The molecular formula is C32H35N5O3S. The molecular weight excluding hydrogens is 534 g/mol. The molecule has 41 heavy (non-hydrogen) atoms. The number of hydrogen-bond acceptors (Lipinski definition) is 6. The molecule has 0 unspecified atom stereocenters. The van der Waals surface area contributed by atoms with Crippen LogP contribution in [0.15, 0.2) is 102 Å². The van der Waals surface area contributed by atoms with E-state index in [1.54, 1.807) is 36.5 Å². The normalized spacial score (nSPS) is 16.7. The zero-order valence-electron chi connectivity index (χ0n) is 23.4. The van der Waals surface area contributed by atoms with Crippen LogP contribution in [0.2, 0.25) is 0 Å². The molecule has 1 amide bonds. The lowest BCUT2D eigenvalue weighted by atomic mass is 9.74. The van der Waals surface area contributed by atoms with Gasteiger partial charge in [0.15, 0.2) is 0 Å². The number of fused-ring (bicyclic) bond motifs is 2. The molecule has 0 saturated carbocycles. The van der Waals surface area contributed by atoms with Gasteiger partial charge in [0, 0.05) is 31.2 Å². The van der Waals surface area contributed by atoms with Crippen LogP contribution in [0.25, 0.3) is 0 Å². The summed E-state index contributed by atoms with van der Waals surface area (Å²) in [5, 5.41) is 2.82. The fourth-order valence-electron chi connectivity index (χ4n) is 5.45. The van der Waals surface area contributed by atoms with E-state index in [1.807, 2.05) is 62.4 Å². The van der Waals surface area contributed by atoms with Gasteiger partial charge in [-0.1, -0.05) is 54.6 Å². The van der Waals surface area contributed by atoms with Crippen LogP contribution in [0, 0.1) is 0 Å². The third-order valence-electron chi connectivity index (χ3n) is 8.06. The molecule has 1 spiro atoms. The third kappa shape index (κ3) is 5.50. The number of benzene rings is 2. The predicted octanol–water partition coefficient (Wildman–Crippen LogP) is 5.64. The summed E-state index contributed by atoms with van der Waals surface area (Å²) in [6.07, 6.45) is 8.38. The number of carbonyl (C=O) groups excluding carboxylic acids is 1. The van der Waals surface area contributed by atoms with Gasteiger partial charge in [-0.05, 0) is 68.7 Å². The second kappa shape index (κ2) is 11.2. The molecule has 0 bridgehead atoms. The van der Waals surface area contributed by atoms with E-state index in [-0.39, 0.29) is 16.2 Å². The quantitative estimate of drug-likeness (QED) is 0.282. The van der Waals surface area contributed by atoms with E-state index < -0.39 is 10.0 Å². The van der Waals surface area contributed by atoms with Crippen molar-refractivity contribution in [3.8, 4) is 0 Å². The van der Waals surface area contributed by atoms with Crippen molar-refractivity contribution in [2.45, 2.75) is 32.1 Å². The fraction of sp³-hybridized carbons (Fsp3) is 0.250. The number of pyridine rings is 1. The van der Waals surface area contributed by atoms with E-state index in [4.69, 9.17) is 5.73 Å². The van der Waals surface area contributed by atoms with E-state index in [2.05, 4.69) is 21.8 Å². The van der Waals surface area contributed by atoms with Crippen LogP contribution in [0.3, 0.4) is 0 Å². The van der Waals surface area contributed by atoms with Crippen molar-refractivity contribution < 1.29 is 13.2 Å². The zero-order chi connectivity index (χ0) is 29.2. The number of piperidine rings is 1. The highest BCUT2D eigenvalue weighted by molar-refractivity contribution is 7.96. The first-order chi connectivity index (χ1) is 19.6. The van der Waals surface area contributed by atoms with Crippen LogP contribution in [0.5, 0.6) is 0 Å². The fourth-order valence-corrected chi connectivity index (χ4v) is 6.81. The molecule has 3 N–H and O–H groups in total. The summed E-state index contributed by atoms with van der Waals surface area (Å²) in [6, 6.07) is 18.5. The van der Waals surface area contributed by atoms with Crippen LogP contribution < -0.4 is 20.3 Å². The number of nitrogens with two attached hydrogens (primary N) is 1. The highest BCUT2D eigenvalue weighted by Gasteiger charge is 2.48. The molecule has 0 radical (unpaired) electrons. The lowest BCUT2D eigenvalue weighted by molar-refractivity contribution is 0.102. The van der Waals surface area contributed by atoms with Crippen LogP contribution in [-0.4, -0.2) is 38.9 Å². The highest BCUT2D eigenvalue weighted by atomic mass is 32.2. The number of carbonyl (C=O) groups is 1. The maximum atomic E-state index is 13.6. The van der Waals surface area contributed by atoms with Gasteiger partial charge in [-0.25, -0.2) is 13.4 Å². The molecule has 2 aliphatic heterocycles. The topological polar surface area (TPSA) is 109 Å². The van der Waals surface area contributed by atoms with Gasteiger partial charge in [-0.2, -0.15) is 0 Å². The Hall–Kier alpha value is -4.37. The van der Waals surface area contributed by atoms with Gasteiger partial charge in [0.1, 0.15) is 5.82 Å². The van der Waals surface area contributed by atoms with Crippen LogP contribution >= 0.6 is 0 Å². The molecule has 0 atom stereocenters. The first kappa shape index (κ1) is 28.2. The van der Waals surface area contributed by atoms with Crippen LogP contribution in [-0.2, 0) is 15.4 Å². The molecule has 3 heterocycles. The molecule has 1 saturated heterocycles. The van der Waals surface area contributed by atoms with E-state index in [0.29, 0.717) is 36.6 Å². The molecule has 9 heteroatoms. The SMILES string of the molecule is C=C(/C=C\C(C)=C/C)S(=O)(=O)N1CC2(CCN(c3ccc(C(=O)Nc4ccccc4N)cn3)CC2)c2ccccc21. The molecule has 1 aromatic heterocycles. The Kier molecular flexibility index (Phi) is 7.73. The van der Waals surface area contributed by atoms with Crippen molar-refractivity contribution in [3.05, 3.63) is 113 Å². The summed E-state index contributed by atoms with van der Waals surface area (Å²) >= 11 is 0. The average molecular weight is 570 g/mol. The number of amides is 1. The maximum absolute atomic E-state index is 13.6. The van der Waals surface area contributed by atoms with Gasteiger partial charge in [0.2, 0.25) is 0 Å². The van der Waals surface area contributed by atoms with Crippen molar-refractivity contribution in [2.75, 3.05) is 39.9 Å². The summed E-state index contributed by atoms with van der Waals surface area (Å²) in [5.74, 6) is 0.505. The van der Waals surface area contributed by atoms with Crippen molar-refractivity contribution in [1.29, 1.82) is 0 Å². The molecule has 212 valence electrons. The number of allylic oxidation sites excluding steroid dienone is 4. The second-order valence-corrected chi connectivity index (χ2v) is 12.5. The van der Waals surface area contributed by atoms with E-state index in [9.17, 15) is 13.2 Å². The molecule has 8 nitrogen and oxygen atoms in total. The minimum absolute atomic E-state index is 0.0752. The number of nitrogens with one attached hydrogen (secondary N) is 1. The minimum atomic E-state index is -3.78. The Morgan fingerprint density at radius 2 is 1.76 bits per heavy atom. The number of nitrogens with zero attached hydrogens (tertiary/aromatic N) is 3. The van der Waals surface area contributed by atoms with Gasteiger partial charge in [-0.15, -0.1) is 0 Å². The number of sulfonamides is 1. The van der Waals surface area contributed by atoms with Crippen molar-refractivity contribution in [3.63, 3.8) is 0 Å². The Labute approximate surface area is 241 Å². The third-order valence-corrected chi connectivity index (χ3v) is 9.77. The van der Waals surface area contributed by atoms with E-state index in [0.717, 1.165) is 35.5 Å². The van der Waals surface area contributed by atoms with Crippen molar-refractivity contribution >= 4 is 38.8 Å². The number of aromatic nitrogens is 1. The van der Waals surface area contributed by atoms with Crippen molar-refractivity contribution in [1.82, 2.24) is 4.98 Å². The molecule has 5 rings (SSSR count). The second-order valence-electron chi connectivity index (χ2n) is 10.6.